The number of halogens is 1. The molecular weight excluding hydrogens is 400 g/mol. The van der Waals surface area contributed by atoms with Crippen molar-refractivity contribution in [2.75, 3.05) is 10.6 Å². The number of carbonyl (C=O) groups is 2. The Bertz CT molecular complexity index is 1100. The zero-order valence-electron chi connectivity index (χ0n) is 16.9. The van der Waals surface area contributed by atoms with Gasteiger partial charge >= 0.3 is 0 Å². The molecule has 1 fully saturated rings. The number of aryl methyl sites for hydroxylation is 2. The smallest absolute Gasteiger partial charge is 0.260 e. The molecule has 0 aliphatic heterocycles. The maximum Gasteiger partial charge on any atom is 0.260 e. The first kappa shape index (κ1) is 20.2. The van der Waals surface area contributed by atoms with Gasteiger partial charge in [-0.1, -0.05) is 47.5 Å². The van der Waals surface area contributed by atoms with E-state index in [2.05, 4.69) is 15.7 Å². The van der Waals surface area contributed by atoms with Crippen LogP contribution in [0.1, 0.15) is 40.0 Å². The molecule has 154 valence electrons. The van der Waals surface area contributed by atoms with Gasteiger partial charge in [0, 0.05) is 17.3 Å². The van der Waals surface area contributed by atoms with Crippen molar-refractivity contribution < 1.29 is 9.59 Å². The maximum atomic E-state index is 12.9. The molecular formula is C23H23ClN4O2. The second kappa shape index (κ2) is 8.32. The summed E-state index contributed by atoms with van der Waals surface area (Å²) in [6, 6.07) is 15.2. The number of nitrogens with zero attached hydrogens (tertiary/aromatic N) is 2. The first-order valence-corrected chi connectivity index (χ1v) is 10.3. The molecule has 0 spiro atoms. The summed E-state index contributed by atoms with van der Waals surface area (Å²) in [5, 5.41) is 10.5. The molecule has 1 aliphatic carbocycles. The molecule has 1 aromatic heterocycles. The van der Waals surface area contributed by atoms with Crippen molar-refractivity contribution >= 4 is 34.8 Å². The molecule has 1 aliphatic rings. The van der Waals surface area contributed by atoms with Crippen molar-refractivity contribution in [2.24, 2.45) is 5.92 Å². The summed E-state index contributed by atoms with van der Waals surface area (Å²) in [4.78, 5) is 24.8. The summed E-state index contributed by atoms with van der Waals surface area (Å²) in [5.74, 6) is -0.197. The molecule has 2 amide bonds. The van der Waals surface area contributed by atoms with Gasteiger partial charge in [-0.05, 0) is 50.5 Å². The highest BCUT2D eigenvalue weighted by Crippen LogP contribution is 2.30. The molecule has 4 rings (SSSR count). The first-order chi connectivity index (χ1) is 14.4. The van der Waals surface area contributed by atoms with Crippen LogP contribution in [0.4, 0.5) is 11.4 Å². The molecule has 0 bridgehead atoms. The van der Waals surface area contributed by atoms with E-state index in [1.54, 1.807) is 35.9 Å². The minimum Gasteiger partial charge on any atom is -0.326 e. The minimum absolute atomic E-state index is 0.0229. The number of rotatable bonds is 6. The Kier molecular flexibility index (Phi) is 5.59. The van der Waals surface area contributed by atoms with Crippen LogP contribution in [0, 0.1) is 19.8 Å². The average Bonchev–Trinajstić information content (AvgIpc) is 3.51. The number of benzene rings is 2. The molecule has 7 heteroatoms. The molecule has 2 aromatic carbocycles. The molecule has 2 N–H and O–H groups in total. The van der Waals surface area contributed by atoms with E-state index in [1.165, 1.54) is 5.56 Å². The molecule has 0 unspecified atom stereocenters. The predicted molar refractivity (Wildman–Crippen MR) is 118 cm³/mol. The topological polar surface area (TPSA) is 76.0 Å². The molecule has 0 atom stereocenters. The van der Waals surface area contributed by atoms with Gasteiger partial charge in [0.25, 0.3) is 5.91 Å². The van der Waals surface area contributed by atoms with Gasteiger partial charge < -0.3 is 10.6 Å². The number of aromatic nitrogens is 2. The van der Waals surface area contributed by atoms with E-state index in [-0.39, 0.29) is 17.7 Å². The zero-order chi connectivity index (χ0) is 21.3. The fourth-order valence-electron chi connectivity index (χ4n) is 3.24. The van der Waals surface area contributed by atoms with Crippen LogP contribution in [-0.4, -0.2) is 21.6 Å². The molecule has 30 heavy (non-hydrogen) atoms. The lowest BCUT2D eigenvalue weighted by atomic mass is 10.1. The van der Waals surface area contributed by atoms with Gasteiger partial charge in [0.2, 0.25) is 5.91 Å². The normalized spacial score (nSPS) is 13.2. The highest BCUT2D eigenvalue weighted by molar-refractivity contribution is 6.33. The molecule has 0 radical (unpaired) electrons. The Morgan fingerprint density at radius 3 is 2.40 bits per heavy atom. The minimum atomic E-state index is -0.335. The van der Waals surface area contributed by atoms with Crippen molar-refractivity contribution in [1.29, 1.82) is 0 Å². The van der Waals surface area contributed by atoms with Crippen molar-refractivity contribution in [1.82, 2.24) is 9.78 Å². The monoisotopic (exact) mass is 422 g/mol. The number of hydrogen-bond donors (Lipinski definition) is 2. The van der Waals surface area contributed by atoms with E-state index in [0.717, 1.165) is 18.4 Å². The van der Waals surface area contributed by atoms with Crippen LogP contribution in [0.3, 0.4) is 0 Å². The van der Waals surface area contributed by atoms with Gasteiger partial charge in [0.15, 0.2) is 0 Å². The number of carbonyl (C=O) groups excluding carboxylic acids is 2. The van der Waals surface area contributed by atoms with Crippen LogP contribution in [0.15, 0.2) is 48.5 Å². The van der Waals surface area contributed by atoms with Crippen LogP contribution in [0.5, 0.6) is 0 Å². The molecule has 1 saturated carbocycles. The second-order valence-corrected chi connectivity index (χ2v) is 8.05. The van der Waals surface area contributed by atoms with E-state index < -0.39 is 0 Å². The van der Waals surface area contributed by atoms with Gasteiger partial charge in [-0.15, -0.1) is 0 Å². The van der Waals surface area contributed by atoms with Gasteiger partial charge in [-0.2, -0.15) is 5.10 Å². The standard InChI is InChI=1S/C23H23ClN4O2/c1-14-6-8-16(9-7-14)13-28-21(24)20(15(2)27-28)23(30)26-19-5-3-4-18(12-19)25-22(29)17-10-11-17/h3-9,12,17H,10-11,13H2,1-2H3,(H,25,29)(H,26,30). The van der Waals surface area contributed by atoms with Crippen molar-refractivity contribution in [3.63, 3.8) is 0 Å². The first-order valence-electron chi connectivity index (χ1n) is 9.91. The van der Waals surface area contributed by atoms with Crippen LogP contribution < -0.4 is 10.6 Å². The third-order valence-electron chi connectivity index (χ3n) is 5.08. The molecule has 1 heterocycles. The summed E-state index contributed by atoms with van der Waals surface area (Å²) in [5.41, 5.74) is 4.37. The second-order valence-electron chi connectivity index (χ2n) is 7.69. The maximum absolute atomic E-state index is 12.9. The summed E-state index contributed by atoms with van der Waals surface area (Å²) in [6.07, 6.45) is 1.87. The summed E-state index contributed by atoms with van der Waals surface area (Å²) >= 11 is 6.50. The fourth-order valence-corrected chi connectivity index (χ4v) is 3.56. The Balaban J connectivity index is 1.49. The SMILES string of the molecule is Cc1ccc(Cn2nc(C)c(C(=O)Nc3cccc(NC(=O)C4CC4)c3)c2Cl)cc1. The number of hydrogen-bond acceptors (Lipinski definition) is 3. The van der Waals surface area contributed by atoms with Crippen molar-refractivity contribution in [3.05, 3.63) is 76.1 Å². The lowest BCUT2D eigenvalue weighted by molar-refractivity contribution is -0.117. The van der Waals surface area contributed by atoms with Crippen molar-refractivity contribution in [3.8, 4) is 0 Å². The quantitative estimate of drug-likeness (QED) is 0.598. The third kappa shape index (κ3) is 4.54. The summed E-state index contributed by atoms with van der Waals surface area (Å²) in [7, 11) is 0. The van der Waals surface area contributed by atoms with E-state index in [4.69, 9.17) is 11.6 Å². The number of anilines is 2. The summed E-state index contributed by atoms with van der Waals surface area (Å²) in [6.45, 7) is 4.28. The van der Waals surface area contributed by atoms with E-state index >= 15 is 0 Å². The van der Waals surface area contributed by atoms with E-state index in [9.17, 15) is 9.59 Å². The Labute approximate surface area is 180 Å². The molecule has 3 aromatic rings. The van der Waals surface area contributed by atoms with Gasteiger partial charge in [0.05, 0.1) is 17.8 Å². The van der Waals surface area contributed by atoms with Crippen LogP contribution >= 0.6 is 11.6 Å². The fraction of sp³-hybridized carbons (Fsp3) is 0.261. The summed E-state index contributed by atoms with van der Waals surface area (Å²) < 4.78 is 1.63. The Morgan fingerprint density at radius 2 is 1.73 bits per heavy atom. The van der Waals surface area contributed by atoms with Crippen LogP contribution in [0.25, 0.3) is 0 Å². The Hall–Kier alpha value is -3.12. The highest BCUT2D eigenvalue weighted by atomic mass is 35.5. The number of nitrogens with one attached hydrogen (secondary N) is 2. The zero-order valence-corrected chi connectivity index (χ0v) is 17.7. The Morgan fingerprint density at radius 1 is 1.07 bits per heavy atom. The molecule has 0 saturated heterocycles. The van der Waals surface area contributed by atoms with Crippen LogP contribution in [-0.2, 0) is 11.3 Å². The highest BCUT2D eigenvalue weighted by Gasteiger charge is 2.29. The van der Waals surface area contributed by atoms with Crippen LogP contribution in [0.2, 0.25) is 5.15 Å². The van der Waals surface area contributed by atoms with E-state index in [1.807, 2.05) is 31.2 Å². The molecule has 6 nitrogen and oxygen atoms in total. The average molecular weight is 423 g/mol. The van der Waals surface area contributed by atoms with Gasteiger partial charge in [-0.3, -0.25) is 9.59 Å². The lowest BCUT2D eigenvalue weighted by Gasteiger charge is -2.09. The van der Waals surface area contributed by atoms with E-state index in [0.29, 0.717) is 34.3 Å². The largest absolute Gasteiger partial charge is 0.326 e. The third-order valence-corrected chi connectivity index (χ3v) is 5.47. The predicted octanol–water partition coefficient (Wildman–Crippen LogP) is 4.80. The number of amides is 2. The van der Waals surface area contributed by atoms with Crippen molar-refractivity contribution in [2.45, 2.75) is 33.2 Å². The van der Waals surface area contributed by atoms with Gasteiger partial charge in [-0.25, -0.2) is 4.68 Å². The lowest BCUT2D eigenvalue weighted by Crippen LogP contribution is -2.15. The van der Waals surface area contributed by atoms with Gasteiger partial charge in [0.1, 0.15) is 5.15 Å².